The van der Waals surface area contributed by atoms with Gasteiger partial charge in [0.05, 0.1) is 18.1 Å². The normalized spacial score (nSPS) is 10.7. The highest BCUT2D eigenvalue weighted by Gasteiger charge is 2.15. The van der Waals surface area contributed by atoms with Gasteiger partial charge in [-0.05, 0) is 51.1 Å². The largest absolute Gasteiger partial charge is 0.494 e. The molecule has 0 atom stereocenters. The van der Waals surface area contributed by atoms with Crippen molar-refractivity contribution in [3.05, 3.63) is 60.2 Å². The molecule has 0 aliphatic heterocycles. The lowest BCUT2D eigenvalue weighted by molar-refractivity contribution is -0.113. The molecule has 1 N–H and O–H groups in total. The average Bonchev–Trinajstić information content (AvgIpc) is 3.13. The van der Waals surface area contributed by atoms with E-state index in [2.05, 4.69) is 32.1 Å². The van der Waals surface area contributed by atoms with Crippen molar-refractivity contribution in [1.82, 2.24) is 24.7 Å². The summed E-state index contributed by atoms with van der Waals surface area (Å²) in [6.07, 6.45) is 1.79. The summed E-state index contributed by atoms with van der Waals surface area (Å²) in [6.45, 7) is 10.8. The van der Waals surface area contributed by atoms with Gasteiger partial charge in [-0.2, -0.15) is 0 Å². The molecule has 8 nitrogen and oxygen atoms in total. The fourth-order valence-electron chi connectivity index (χ4n) is 2.86. The first-order valence-electron chi connectivity index (χ1n) is 10.1. The van der Waals surface area contributed by atoms with Crippen LogP contribution in [-0.2, 0) is 17.1 Å². The second-order valence-corrected chi connectivity index (χ2v) is 8.70. The van der Waals surface area contributed by atoms with E-state index in [1.807, 2.05) is 55.7 Å². The van der Waals surface area contributed by atoms with Crippen LogP contribution < -0.4 is 10.1 Å². The number of hydrogen-bond donors (Lipinski definition) is 1. The highest BCUT2D eigenvalue weighted by molar-refractivity contribution is 7.99. The van der Waals surface area contributed by atoms with E-state index in [0.29, 0.717) is 29.2 Å². The van der Waals surface area contributed by atoms with Crippen molar-refractivity contribution in [2.75, 3.05) is 17.7 Å². The molecular formula is C22H26N6O2S2. The van der Waals surface area contributed by atoms with Crippen LogP contribution in [-0.4, -0.2) is 43.0 Å². The number of hydrogen-bond acceptors (Lipinski definition) is 8. The van der Waals surface area contributed by atoms with Gasteiger partial charge in [0.2, 0.25) is 5.91 Å². The number of benzene rings is 1. The molecule has 0 radical (unpaired) electrons. The Morgan fingerprint density at radius 3 is 2.53 bits per heavy atom. The van der Waals surface area contributed by atoms with Gasteiger partial charge in [-0.3, -0.25) is 4.79 Å². The third-order valence-electron chi connectivity index (χ3n) is 4.18. The van der Waals surface area contributed by atoms with Gasteiger partial charge < -0.3 is 14.6 Å². The van der Waals surface area contributed by atoms with Crippen molar-refractivity contribution in [2.45, 2.75) is 43.4 Å². The summed E-state index contributed by atoms with van der Waals surface area (Å²) in [5, 5.41) is 12.8. The molecule has 0 bridgehead atoms. The van der Waals surface area contributed by atoms with Gasteiger partial charge >= 0.3 is 0 Å². The number of allylic oxidation sites excluding steroid dienone is 1. The van der Waals surface area contributed by atoms with Crippen LogP contribution in [0.15, 0.2) is 53.3 Å². The van der Waals surface area contributed by atoms with Crippen LogP contribution in [0.3, 0.4) is 0 Å². The van der Waals surface area contributed by atoms with Gasteiger partial charge in [-0.15, -0.1) is 16.8 Å². The predicted molar refractivity (Wildman–Crippen MR) is 128 cm³/mol. The molecule has 1 amide bonds. The Bertz CT molecular complexity index is 1050. The number of ether oxygens (including phenoxy) is 1. The minimum atomic E-state index is -0.119. The first-order valence-corrected chi connectivity index (χ1v) is 12.1. The summed E-state index contributed by atoms with van der Waals surface area (Å²) in [6, 6.07) is 9.24. The Balaban J connectivity index is 1.59. The fourth-order valence-corrected chi connectivity index (χ4v) is 4.52. The maximum absolute atomic E-state index is 12.4. The van der Waals surface area contributed by atoms with E-state index in [4.69, 9.17) is 4.74 Å². The first-order chi connectivity index (χ1) is 15.5. The van der Waals surface area contributed by atoms with Gasteiger partial charge in [0.25, 0.3) is 0 Å². The molecule has 2 heterocycles. The van der Waals surface area contributed by atoms with Crippen molar-refractivity contribution in [3.8, 4) is 5.75 Å². The lowest BCUT2D eigenvalue weighted by atomic mass is 10.3. The van der Waals surface area contributed by atoms with Crippen LogP contribution in [0.5, 0.6) is 5.75 Å². The van der Waals surface area contributed by atoms with Gasteiger partial charge in [0.15, 0.2) is 10.3 Å². The number of anilines is 1. The zero-order valence-electron chi connectivity index (χ0n) is 18.4. The average molecular weight is 471 g/mol. The number of nitrogens with zero attached hydrogens (tertiary/aromatic N) is 5. The van der Waals surface area contributed by atoms with Crippen LogP contribution in [0.4, 0.5) is 5.69 Å². The van der Waals surface area contributed by atoms with Crippen LogP contribution >= 0.6 is 23.5 Å². The van der Waals surface area contributed by atoms with Crippen molar-refractivity contribution in [1.29, 1.82) is 0 Å². The van der Waals surface area contributed by atoms with E-state index in [1.165, 1.54) is 23.5 Å². The molecule has 32 heavy (non-hydrogen) atoms. The lowest BCUT2D eigenvalue weighted by Gasteiger charge is -2.09. The molecule has 3 aromatic rings. The van der Waals surface area contributed by atoms with E-state index < -0.39 is 0 Å². The molecule has 0 aliphatic rings. The summed E-state index contributed by atoms with van der Waals surface area (Å²) in [4.78, 5) is 21.3. The van der Waals surface area contributed by atoms with Crippen LogP contribution in [0.25, 0.3) is 0 Å². The van der Waals surface area contributed by atoms with Crippen molar-refractivity contribution < 1.29 is 9.53 Å². The van der Waals surface area contributed by atoms with Crippen molar-refractivity contribution in [3.63, 3.8) is 0 Å². The number of carbonyl (C=O) groups excluding carboxylic acids is 1. The number of thioether (sulfide) groups is 2. The summed E-state index contributed by atoms with van der Waals surface area (Å²) in [5.41, 5.74) is 2.59. The Labute approximate surface area is 196 Å². The molecule has 0 saturated heterocycles. The summed E-state index contributed by atoms with van der Waals surface area (Å²) in [7, 11) is 0. The van der Waals surface area contributed by atoms with Gasteiger partial charge in [0.1, 0.15) is 11.6 Å². The van der Waals surface area contributed by atoms with E-state index >= 15 is 0 Å². The molecule has 0 unspecified atom stereocenters. The highest BCUT2D eigenvalue weighted by atomic mass is 32.2. The maximum atomic E-state index is 12.4. The predicted octanol–water partition coefficient (Wildman–Crippen LogP) is 4.29. The molecule has 1 aromatic carbocycles. The number of amides is 1. The lowest BCUT2D eigenvalue weighted by Crippen LogP contribution is -2.14. The maximum Gasteiger partial charge on any atom is 0.234 e. The quantitative estimate of drug-likeness (QED) is 0.252. The summed E-state index contributed by atoms with van der Waals surface area (Å²) < 4.78 is 7.37. The molecule has 3 rings (SSSR count). The standard InChI is InChI=1S/C22H26N6O2S2/c1-5-11-28-19(13-31-21-23-15(3)12-16(4)24-21)26-27-22(28)32-14-20(29)25-17-7-9-18(10-8-17)30-6-2/h5,7-10,12H,1,6,11,13-14H2,2-4H3,(H,25,29). The number of aryl methyl sites for hydroxylation is 2. The van der Waals surface area contributed by atoms with E-state index in [1.54, 1.807) is 6.08 Å². The van der Waals surface area contributed by atoms with E-state index in [0.717, 1.165) is 28.6 Å². The van der Waals surface area contributed by atoms with Crippen LogP contribution in [0.2, 0.25) is 0 Å². The van der Waals surface area contributed by atoms with Crippen molar-refractivity contribution >= 4 is 35.1 Å². The Morgan fingerprint density at radius 1 is 1.16 bits per heavy atom. The number of carbonyl (C=O) groups is 1. The molecule has 168 valence electrons. The fraction of sp³-hybridized carbons (Fsp3) is 0.318. The zero-order chi connectivity index (χ0) is 22.9. The summed E-state index contributed by atoms with van der Waals surface area (Å²) in [5.74, 6) is 2.23. The number of rotatable bonds is 11. The molecular weight excluding hydrogens is 444 g/mol. The molecule has 0 aliphatic carbocycles. The Morgan fingerprint density at radius 2 is 1.88 bits per heavy atom. The van der Waals surface area contributed by atoms with Crippen LogP contribution in [0, 0.1) is 13.8 Å². The zero-order valence-corrected chi connectivity index (χ0v) is 20.0. The second kappa shape index (κ2) is 11.7. The van der Waals surface area contributed by atoms with Gasteiger partial charge in [-0.25, -0.2) is 9.97 Å². The Hall–Kier alpha value is -2.85. The minimum Gasteiger partial charge on any atom is -0.494 e. The van der Waals surface area contributed by atoms with Crippen molar-refractivity contribution in [2.24, 2.45) is 0 Å². The van der Waals surface area contributed by atoms with Gasteiger partial charge in [-0.1, -0.05) is 29.6 Å². The molecule has 2 aromatic heterocycles. The number of nitrogens with one attached hydrogen (secondary N) is 1. The summed E-state index contributed by atoms with van der Waals surface area (Å²) >= 11 is 2.84. The van der Waals surface area contributed by atoms with Gasteiger partial charge in [0, 0.05) is 23.6 Å². The van der Waals surface area contributed by atoms with E-state index in [-0.39, 0.29) is 11.7 Å². The monoisotopic (exact) mass is 470 g/mol. The molecule has 0 fully saturated rings. The Kier molecular flexibility index (Phi) is 8.69. The third-order valence-corrected chi connectivity index (χ3v) is 5.99. The SMILES string of the molecule is C=CCn1c(CSc2nc(C)cc(C)n2)nnc1SCC(=O)Nc1ccc(OCC)cc1. The third kappa shape index (κ3) is 6.83. The molecule has 10 heteroatoms. The number of aromatic nitrogens is 5. The molecule has 0 saturated carbocycles. The highest BCUT2D eigenvalue weighted by Crippen LogP contribution is 2.23. The minimum absolute atomic E-state index is 0.119. The smallest absolute Gasteiger partial charge is 0.234 e. The second-order valence-electron chi connectivity index (χ2n) is 6.81. The topological polar surface area (TPSA) is 94.8 Å². The van der Waals surface area contributed by atoms with E-state index in [9.17, 15) is 4.79 Å². The molecule has 0 spiro atoms. The first kappa shape index (κ1) is 23.8. The van der Waals surface area contributed by atoms with Crippen LogP contribution in [0.1, 0.15) is 24.1 Å².